The Labute approximate surface area is 224 Å². The molecule has 1 amide bonds. The highest BCUT2D eigenvalue weighted by Crippen LogP contribution is 2.43. The van der Waals surface area contributed by atoms with Gasteiger partial charge in [-0.2, -0.15) is 0 Å². The number of benzene rings is 2. The van der Waals surface area contributed by atoms with E-state index in [2.05, 4.69) is 10.9 Å². The van der Waals surface area contributed by atoms with Gasteiger partial charge in [-0.05, 0) is 63.4 Å². The lowest BCUT2D eigenvalue weighted by molar-refractivity contribution is -0.155. The second-order valence-corrected chi connectivity index (χ2v) is 10.2. The van der Waals surface area contributed by atoms with Crippen LogP contribution in [0.3, 0.4) is 0 Å². The van der Waals surface area contributed by atoms with Crippen molar-refractivity contribution in [3.8, 4) is 5.75 Å². The lowest BCUT2D eigenvalue weighted by Gasteiger charge is -2.31. The highest BCUT2D eigenvalue weighted by atomic mass is 16.6. The van der Waals surface area contributed by atoms with Gasteiger partial charge in [0, 0.05) is 31.6 Å². The van der Waals surface area contributed by atoms with E-state index < -0.39 is 23.2 Å². The van der Waals surface area contributed by atoms with Crippen LogP contribution in [0, 0.1) is 0 Å². The van der Waals surface area contributed by atoms with Crippen molar-refractivity contribution in [3.05, 3.63) is 65.7 Å². The molecule has 1 aliphatic rings. The molecule has 0 aromatic heterocycles. The first-order chi connectivity index (χ1) is 18.2. The minimum absolute atomic E-state index is 0.0143. The van der Waals surface area contributed by atoms with Crippen LogP contribution < -0.4 is 15.6 Å². The highest BCUT2D eigenvalue weighted by molar-refractivity contribution is 6.01. The van der Waals surface area contributed by atoms with Gasteiger partial charge in [-0.3, -0.25) is 15.0 Å². The average Bonchev–Trinajstić information content (AvgIpc) is 3.29. The molecular weight excluding hydrogens is 486 g/mol. The van der Waals surface area contributed by atoms with Gasteiger partial charge in [-0.1, -0.05) is 37.3 Å². The van der Waals surface area contributed by atoms with Gasteiger partial charge in [0.25, 0.3) is 5.91 Å². The Kier molecular flexibility index (Phi) is 10.3. The number of hydrazine groups is 1. The third-order valence-corrected chi connectivity index (χ3v) is 5.84. The number of esters is 1. The first kappa shape index (κ1) is 29.1. The first-order valence-electron chi connectivity index (χ1n) is 13.1. The van der Waals surface area contributed by atoms with Gasteiger partial charge in [-0.25, -0.2) is 10.4 Å². The number of rotatable bonds is 13. The summed E-state index contributed by atoms with van der Waals surface area (Å²) in [5.74, 6) is 0.155. The van der Waals surface area contributed by atoms with Crippen LogP contribution in [0.1, 0.15) is 70.6 Å². The number of aliphatic hydroxyl groups excluding tert-OH is 1. The summed E-state index contributed by atoms with van der Waals surface area (Å²) in [6, 6.07) is 16.6. The van der Waals surface area contributed by atoms with E-state index in [-0.39, 0.29) is 25.4 Å². The van der Waals surface area contributed by atoms with Crippen LogP contribution >= 0.6 is 0 Å². The third kappa shape index (κ3) is 7.79. The summed E-state index contributed by atoms with van der Waals surface area (Å²) in [6.07, 6.45) is 0.681. The van der Waals surface area contributed by atoms with Crippen LogP contribution in [-0.2, 0) is 19.1 Å². The van der Waals surface area contributed by atoms with Crippen molar-refractivity contribution in [2.75, 3.05) is 19.8 Å². The number of carbonyl (C=O) groups excluding carboxylic acids is 2. The van der Waals surface area contributed by atoms with Crippen LogP contribution in [0.15, 0.2) is 59.6 Å². The molecule has 0 bridgehead atoms. The zero-order chi connectivity index (χ0) is 27.6. The predicted octanol–water partition coefficient (Wildman–Crippen LogP) is 3.86. The summed E-state index contributed by atoms with van der Waals surface area (Å²) in [4.78, 5) is 31.3. The van der Waals surface area contributed by atoms with E-state index in [0.29, 0.717) is 36.8 Å². The normalized spacial score (nSPS) is 18.9. The second-order valence-electron chi connectivity index (χ2n) is 10.2. The predicted molar refractivity (Wildman–Crippen MR) is 145 cm³/mol. The van der Waals surface area contributed by atoms with Crippen molar-refractivity contribution in [1.29, 1.82) is 0 Å². The third-order valence-electron chi connectivity index (χ3n) is 5.84. The maximum Gasteiger partial charge on any atom is 0.306 e. The second kappa shape index (κ2) is 13.4. The smallest absolute Gasteiger partial charge is 0.306 e. The number of nitrogens with one attached hydrogen (secondary N) is 2. The minimum Gasteiger partial charge on any atom is -0.494 e. The van der Waals surface area contributed by atoms with Gasteiger partial charge >= 0.3 is 5.97 Å². The van der Waals surface area contributed by atoms with Crippen molar-refractivity contribution in [3.63, 3.8) is 0 Å². The van der Waals surface area contributed by atoms with Gasteiger partial charge < -0.3 is 19.3 Å². The monoisotopic (exact) mass is 525 g/mol. The standard InChI is InChI=1S/C29H39N3O6/c1-5-18-30-32-27(35)29(17-16-24(34)38-28(2,3)4)25(21-10-7-6-8-11-21)37-26(31-29)22-12-14-23(15-13-22)36-20-9-19-33/h6-8,10-15,25,30,33H,5,9,16-20H2,1-4H3,(H,32,35)/t25-,29-/m0/s1. The Balaban J connectivity index is 1.97. The van der Waals surface area contributed by atoms with E-state index in [9.17, 15) is 9.59 Å². The molecule has 0 saturated carbocycles. The fourth-order valence-electron chi connectivity index (χ4n) is 4.06. The number of aliphatic imine (C=N–C) groups is 1. The largest absolute Gasteiger partial charge is 0.494 e. The molecule has 2 aromatic rings. The van der Waals surface area contributed by atoms with E-state index in [4.69, 9.17) is 24.3 Å². The molecule has 38 heavy (non-hydrogen) atoms. The SMILES string of the molecule is CCCNNC(=O)[C@@]1(CCC(=O)OC(C)(C)C)N=C(c2ccc(OCCCO)cc2)O[C@H]1c1ccccc1. The maximum atomic E-state index is 13.7. The van der Waals surface area contributed by atoms with Crippen molar-refractivity contribution >= 4 is 17.8 Å². The number of amides is 1. The quantitative estimate of drug-likeness (QED) is 0.206. The summed E-state index contributed by atoms with van der Waals surface area (Å²) in [5.41, 5.74) is 5.11. The summed E-state index contributed by atoms with van der Waals surface area (Å²) < 4.78 is 17.5. The molecule has 9 heteroatoms. The molecule has 1 aliphatic heterocycles. The van der Waals surface area contributed by atoms with Gasteiger partial charge in [0.2, 0.25) is 5.90 Å². The Morgan fingerprint density at radius 2 is 1.82 bits per heavy atom. The van der Waals surface area contributed by atoms with Crippen LogP contribution in [-0.4, -0.2) is 53.8 Å². The molecule has 0 radical (unpaired) electrons. The van der Waals surface area contributed by atoms with Crippen LogP contribution in [0.4, 0.5) is 0 Å². The summed E-state index contributed by atoms with van der Waals surface area (Å²) in [7, 11) is 0. The molecule has 3 rings (SSSR count). The molecular formula is C29H39N3O6. The summed E-state index contributed by atoms with van der Waals surface area (Å²) in [6.45, 7) is 8.46. The minimum atomic E-state index is -1.41. The molecule has 3 N–H and O–H groups in total. The summed E-state index contributed by atoms with van der Waals surface area (Å²) >= 11 is 0. The molecule has 2 atom stereocenters. The number of hydrogen-bond acceptors (Lipinski definition) is 8. The number of hydrogen-bond donors (Lipinski definition) is 3. The lowest BCUT2D eigenvalue weighted by Crippen LogP contribution is -2.53. The van der Waals surface area contributed by atoms with Crippen LogP contribution in [0.25, 0.3) is 0 Å². The van der Waals surface area contributed by atoms with Gasteiger partial charge in [0.05, 0.1) is 6.61 Å². The molecule has 206 valence electrons. The number of ether oxygens (including phenoxy) is 3. The van der Waals surface area contributed by atoms with Crippen molar-refractivity contribution in [2.24, 2.45) is 4.99 Å². The summed E-state index contributed by atoms with van der Waals surface area (Å²) in [5, 5.41) is 8.97. The van der Waals surface area contributed by atoms with Gasteiger partial charge in [0.15, 0.2) is 11.6 Å². The molecule has 0 aliphatic carbocycles. The Morgan fingerprint density at radius 3 is 2.45 bits per heavy atom. The van der Waals surface area contributed by atoms with Gasteiger partial charge in [0.1, 0.15) is 11.4 Å². The fraction of sp³-hybridized carbons (Fsp3) is 0.483. The van der Waals surface area contributed by atoms with Crippen LogP contribution in [0.5, 0.6) is 5.75 Å². The number of nitrogens with zero attached hydrogens (tertiary/aromatic N) is 1. The fourth-order valence-corrected chi connectivity index (χ4v) is 4.06. The van der Waals surface area contributed by atoms with Crippen molar-refractivity contribution in [1.82, 2.24) is 10.9 Å². The zero-order valence-corrected chi connectivity index (χ0v) is 22.7. The van der Waals surface area contributed by atoms with Gasteiger partial charge in [-0.15, -0.1) is 0 Å². The first-order valence-corrected chi connectivity index (χ1v) is 13.1. The Hall–Kier alpha value is -3.43. The topological polar surface area (TPSA) is 118 Å². The van der Waals surface area contributed by atoms with E-state index >= 15 is 0 Å². The molecule has 0 fully saturated rings. The van der Waals surface area contributed by atoms with Crippen molar-refractivity contribution in [2.45, 2.75) is 70.6 Å². The highest BCUT2D eigenvalue weighted by Gasteiger charge is 2.53. The van der Waals surface area contributed by atoms with E-state index in [1.54, 1.807) is 32.9 Å². The average molecular weight is 526 g/mol. The molecule has 0 saturated heterocycles. The molecule has 0 unspecified atom stereocenters. The number of aliphatic hydroxyl groups is 1. The molecule has 0 spiro atoms. The lowest BCUT2D eigenvalue weighted by atomic mass is 9.83. The zero-order valence-electron chi connectivity index (χ0n) is 22.7. The Bertz CT molecular complexity index is 1080. The molecule has 1 heterocycles. The molecule has 2 aromatic carbocycles. The number of carbonyl (C=O) groups is 2. The van der Waals surface area contributed by atoms with E-state index in [1.165, 1.54) is 0 Å². The maximum absolute atomic E-state index is 13.7. The van der Waals surface area contributed by atoms with Crippen molar-refractivity contribution < 1.29 is 28.9 Å². The van der Waals surface area contributed by atoms with E-state index in [0.717, 1.165) is 12.0 Å². The Morgan fingerprint density at radius 1 is 1.11 bits per heavy atom. The van der Waals surface area contributed by atoms with E-state index in [1.807, 2.05) is 49.4 Å². The van der Waals surface area contributed by atoms with Crippen LogP contribution in [0.2, 0.25) is 0 Å². The molecule has 9 nitrogen and oxygen atoms in total.